The molecule has 9 heavy (non-hydrogen) atoms. The number of hydrogen-bond donors (Lipinski definition) is 0. The van der Waals surface area contributed by atoms with Crippen molar-refractivity contribution in [2.45, 2.75) is 19.8 Å². The number of allylic oxidation sites excluding steroid dienone is 4. The lowest BCUT2D eigenvalue weighted by Crippen LogP contribution is -1.96. The molecule has 1 heteroatoms. The Balaban J connectivity index is 2.51. The summed E-state index contributed by atoms with van der Waals surface area (Å²) in [4.78, 5) is 0. The maximum absolute atomic E-state index is 5.80. The van der Waals surface area contributed by atoms with Crippen molar-refractivity contribution in [2.24, 2.45) is 5.92 Å². The van der Waals surface area contributed by atoms with E-state index in [2.05, 4.69) is 13.0 Å². The average Bonchev–Trinajstić information content (AvgIpc) is 1.88. The molecule has 1 atom stereocenters. The molecule has 0 aromatic rings. The molecule has 0 bridgehead atoms. The molecule has 1 unspecified atom stereocenters. The first kappa shape index (κ1) is 6.88. The molecule has 0 N–H and O–H groups in total. The number of rotatable bonds is 1. The smallest absolute Gasteiger partial charge is 0.0186 e. The predicted octanol–water partition coefficient (Wildman–Crippen LogP) is 3.10. The van der Waals surface area contributed by atoms with Gasteiger partial charge in [0.15, 0.2) is 0 Å². The third-order valence-corrected chi connectivity index (χ3v) is 1.92. The van der Waals surface area contributed by atoms with Gasteiger partial charge in [0, 0.05) is 5.03 Å². The highest BCUT2D eigenvalue weighted by atomic mass is 35.5. The zero-order chi connectivity index (χ0) is 6.69. The summed E-state index contributed by atoms with van der Waals surface area (Å²) in [5, 5.41) is 0.990. The van der Waals surface area contributed by atoms with Crippen LogP contribution in [0.5, 0.6) is 0 Å². The minimum absolute atomic E-state index is 0.683. The summed E-state index contributed by atoms with van der Waals surface area (Å²) >= 11 is 5.80. The molecular weight excluding hydrogens is 132 g/mol. The van der Waals surface area contributed by atoms with E-state index in [4.69, 9.17) is 11.6 Å². The molecule has 0 aliphatic heterocycles. The maximum atomic E-state index is 5.80. The summed E-state index contributed by atoms with van der Waals surface area (Å²) in [5.41, 5.74) is 0. The monoisotopic (exact) mass is 142 g/mol. The van der Waals surface area contributed by atoms with E-state index in [1.54, 1.807) is 0 Å². The fraction of sp³-hybridized carbons (Fsp3) is 0.500. The molecule has 1 rings (SSSR count). The Hall–Kier alpha value is -0.230. The van der Waals surface area contributed by atoms with Crippen molar-refractivity contribution in [3.63, 3.8) is 0 Å². The van der Waals surface area contributed by atoms with Crippen LogP contribution in [0.1, 0.15) is 19.8 Å². The second-order valence-corrected chi connectivity index (χ2v) is 2.86. The van der Waals surface area contributed by atoms with Gasteiger partial charge in [0.1, 0.15) is 0 Å². The van der Waals surface area contributed by atoms with Gasteiger partial charge in [0.25, 0.3) is 0 Å². The van der Waals surface area contributed by atoms with Crippen LogP contribution in [0, 0.1) is 5.92 Å². The minimum atomic E-state index is 0.683. The highest BCUT2D eigenvalue weighted by Gasteiger charge is 2.05. The van der Waals surface area contributed by atoms with Gasteiger partial charge >= 0.3 is 0 Å². The fourth-order valence-electron chi connectivity index (χ4n) is 0.984. The van der Waals surface area contributed by atoms with Crippen LogP contribution in [-0.2, 0) is 0 Å². The van der Waals surface area contributed by atoms with Gasteiger partial charge in [-0.2, -0.15) is 0 Å². The largest absolute Gasteiger partial charge is 0.0891 e. The predicted molar refractivity (Wildman–Crippen MR) is 41.5 cm³/mol. The fourth-order valence-corrected chi connectivity index (χ4v) is 1.26. The first-order valence-electron chi connectivity index (χ1n) is 3.35. The van der Waals surface area contributed by atoms with Crippen LogP contribution < -0.4 is 0 Å². The van der Waals surface area contributed by atoms with Gasteiger partial charge in [-0.3, -0.25) is 0 Å². The van der Waals surface area contributed by atoms with Crippen LogP contribution >= 0.6 is 11.6 Å². The van der Waals surface area contributed by atoms with Crippen molar-refractivity contribution in [3.05, 3.63) is 23.3 Å². The molecule has 0 saturated carbocycles. The summed E-state index contributed by atoms with van der Waals surface area (Å²) in [6, 6.07) is 0. The molecule has 0 aromatic heterocycles. The zero-order valence-electron chi connectivity index (χ0n) is 5.60. The van der Waals surface area contributed by atoms with E-state index >= 15 is 0 Å². The van der Waals surface area contributed by atoms with Crippen LogP contribution in [0.15, 0.2) is 23.3 Å². The summed E-state index contributed by atoms with van der Waals surface area (Å²) in [6.45, 7) is 2.19. The van der Waals surface area contributed by atoms with Crippen molar-refractivity contribution in [1.29, 1.82) is 0 Å². The molecule has 0 fully saturated rings. The normalized spacial score (nSPS) is 26.0. The van der Waals surface area contributed by atoms with Crippen molar-refractivity contribution < 1.29 is 0 Å². The van der Waals surface area contributed by atoms with Gasteiger partial charge in [0.05, 0.1) is 0 Å². The second-order valence-electron chi connectivity index (χ2n) is 2.37. The lowest BCUT2D eigenvalue weighted by molar-refractivity contribution is 0.627. The highest BCUT2D eigenvalue weighted by molar-refractivity contribution is 6.29. The molecule has 0 nitrogen and oxygen atoms in total. The molecular formula is C8H11Cl. The van der Waals surface area contributed by atoms with Gasteiger partial charge in [-0.15, -0.1) is 0 Å². The molecule has 1 aliphatic rings. The van der Waals surface area contributed by atoms with Crippen LogP contribution in [-0.4, -0.2) is 0 Å². The number of halogens is 1. The van der Waals surface area contributed by atoms with Crippen molar-refractivity contribution in [3.8, 4) is 0 Å². The zero-order valence-corrected chi connectivity index (χ0v) is 6.36. The maximum Gasteiger partial charge on any atom is 0.0186 e. The molecule has 1 aliphatic carbocycles. The molecule has 0 heterocycles. The van der Waals surface area contributed by atoms with Gasteiger partial charge < -0.3 is 0 Å². The van der Waals surface area contributed by atoms with Crippen LogP contribution in [0.4, 0.5) is 0 Å². The van der Waals surface area contributed by atoms with Crippen molar-refractivity contribution in [2.75, 3.05) is 0 Å². The molecule has 0 saturated heterocycles. The summed E-state index contributed by atoms with van der Waals surface area (Å²) in [7, 11) is 0. The summed E-state index contributed by atoms with van der Waals surface area (Å²) in [5.74, 6) is 0.683. The van der Waals surface area contributed by atoms with E-state index in [1.165, 1.54) is 6.42 Å². The lowest BCUT2D eigenvalue weighted by atomic mass is 9.98. The topological polar surface area (TPSA) is 0 Å². The Morgan fingerprint density at radius 1 is 1.78 bits per heavy atom. The Kier molecular flexibility index (Phi) is 2.35. The van der Waals surface area contributed by atoms with Gasteiger partial charge in [-0.25, -0.2) is 0 Å². The third-order valence-electron chi connectivity index (χ3n) is 1.64. The average molecular weight is 143 g/mol. The Bertz CT molecular complexity index is 145. The van der Waals surface area contributed by atoms with Crippen LogP contribution in [0.25, 0.3) is 0 Å². The van der Waals surface area contributed by atoms with E-state index < -0.39 is 0 Å². The Morgan fingerprint density at radius 3 is 3.00 bits per heavy atom. The Morgan fingerprint density at radius 2 is 2.56 bits per heavy atom. The summed E-state index contributed by atoms with van der Waals surface area (Å²) in [6.07, 6.45) is 8.45. The lowest BCUT2D eigenvalue weighted by Gasteiger charge is -2.11. The van der Waals surface area contributed by atoms with Crippen molar-refractivity contribution in [1.82, 2.24) is 0 Å². The van der Waals surface area contributed by atoms with E-state index in [9.17, 15) is 0 Å². The minimum Gasteiger partial charge on any atom is -0.0891 e. The molecule has 0 amide bonds. The van der Waals surface area contributed by atoms with E-state index in [0.29, 0.717) is 5.92 Å². The quantitative estimate of drug-likeness (QED) is 0.528. The number of hydrogen-bond acceptors (Lipinski definition) is 0. The van der Waals surface area contributed by atoms with Crippen molar-refractivity contribution >= 4 is 11.6 Å². The molecule has 0 aromatic carbocycles. The highest BCUT2D eigenvalue weighted by Crippen LogP contribution is 2.23. The van der Waals surface area contributed by atoms with Crippen LogP contribution in [0.2, 0.25) is 0 Å². The van der Waals surface area contributed by atoms with Gasteiger partial charge in [0.2, 0.25) is 0 Å². The van der Waals surface area contributed by atoms with Gasteiger partial charge in [-0.1, -0.05) is 30.7 Å². The molecule has 0 spiro atoms. The van der Waals surface area contributed by atoms with E-state index in [1.807, 2.05) is 12.2 Å². The summed E-state index contributed by atoms with van der Waals surface area (Å²) < 4.78 is 0. The first-order valence-corrected chi connectivity index (χ1v) is 3.73. The Labute approximate surface area is 61.2 Å². The van der Waals surface area contributed by atoms with E-state index in [-0.39, 0.29) is 0 Å². The van der Waals surface area contributed by atoms with Gasteiger partial charge in [-0.05, 0) is 24.8 Å². The first-order chi connectivity index (χ1) is 4.33. The molecule has 0 radical (unpaired) electrons. The molecule has 50 valence electrons. The third kappa shape index (κ3) is 1.87. The van der Waals surface area contributed by atoms with E-state index in [0.717, 1.165) is 11.5 Å². The second kappa shape index (κ2) is 3.07. The SMILES string of the molecule is CCC1C=CC=C(Cl)C1. The standard InChI is InChI=1S/C8H11Cl/c1-2-7-4-3-5-8(9)6-7/h3-5,7H,2,6H2,1H3. The van der Waals surface area contributed by atoms with Crippen LogP contribution in [0.3, 0.4) is 0 Å².